The van der Waals surface area contributed by atoms with E-state index in [0.717, 1.165) is 11.1 Å². The van der Waals surface area contributed by atoms with E-state index in [1.54, 1.807) is 17.4 Å². The van der Waals surface area contributed by atoms with Crippen molar-refractivity contribution in [1.29, 1.82) is 0 Å². The predicted octanol–water partition coefficient (Wildman–Crippen LogP) is 4.65. The summed E-state index contributed by atoms with van der Waals surface area (Å²) in [5.41, 5.74) is 2.50. The number of carbonyl (C=O) groups excluding carboxylic acids is 1. The van der Waals surface area contributed by atoms with Gasteiger partial charge in [0.2, 0.25) is 0 Å². The van der Waals surface area contributed by atoms with Gasteiger partial charge in [-0.1, -0.05) is 65.7 Å². The van der Waals surface area contributed by atoms with E-state index < -0.39 is 0 Å². The summed E-state index contributed by atoms with van der Waals surface area (Å²) in [6, 6.07) is 17.9. The van der Waals surface area contributed by atoms with Gasteiger partial charge in [0.25, 0.3) is 5.91 Å². The molecule has 2 aromatic carbocycles. The number of nitrogens with one attached hydrogen (secondary N) is 1. The lowest BCUT2D eigenvalue weighted by molar-refractivity contribution is -0.675. The molecule has 0 bridgehead atoms. The Bertz CT molecular complexity index is 882. The number of carbonyl (C=O) groups is 1. The molecule has 3 rings (SSSR count). The summed E-state index contributed by atoms with van der Waals surface area (Å²) < 4.78 is 0. The van der Waals surface area contributed by atoms with Crippen LogP contribution in [-0.2, 0) is 4.79 Å². The summed E-state index contributed by atoms with van der Waals surface area (Å²) in [5, 5.41) is 7.82. The number of amides is 1. The zero-order valence-electron chi connectivity index (χ0n) is 14.2. The maximum absolute atomic E-state index is 12.5. The van der Waals surface area contributed by atoms with Gasteiger partial charge in [-0.3, -0.25) is 4.79 Å². The lowest BCUT2D eigenvalue weighted by Gasteiger charge is -2.15. The van der Waals surface area contributed by atoms with Crippen LogP contribution in [0.25, 0.3) is 0 Å². The maximum Gasteiger partial charge on any atom is 0.279 e. The number of quaternary nitrogens is 1. The van der Waals surface area contributed by atoms with Crippen molar-refractivity contribution in [2.45, 2.75) is 13.0 Å². The standard InChI is InChI=1S/C20H18Cl2N2OS/c1-13-9-10-15(21)20(18(13)22)24-17(25)12-23-19(16-8-5-11-26-16)14-6-3-2-4-7-14/h2-11,19,23H,12H2,1H3,(H,24,25)/p+1/t19-/m1/s1. The first-order valence-electron chi connectivity index (χ1n) is 8.22. The molecule has 0 fully saturated rings. The van der Waals surface area contributed by atoms with E-state index in [2.05, 4.69) is 23.5 Å². The third-order valence-corrected chi connectivity index (χ3v) is 5.85. The van der Waals surface area contributed by atoms with Crippen molar-refractivity contribution in [1.82, 2.24) is 0 Å². The number of halogens is 2. The number of rotatable bonds is 6. The van der Waals surface area contributed by atoms with Crippen LogP contribution in [0.2, 0.25) is 10.0 Å². The smallest absolute Gasteiger partial charge is 0.279 e. The molecule has 0 saturated heterocycles. The Morgan fingerprint density at radius 3 is 2.58 bits per heavy atom. The first-order chi connectivity index (χ1) is 12.6. The van der Waals surface area contributed by atoms with Crippen LogP contribution in [0, 0.1) is 6.92 Å². The van der Waals surface area contributed by atoms with Crippen molar-refractivity contribution in [3.8, 4) is 0 Å². The molecule has 0 spiro atoms. The third-order valence-electron chi connectivity index (χ3n) is 4.10. The van der Waals surface area contributed by atoms with Gasteiger partial charge < -0.3 is 10.6 Å². The van der Waals surface area contributed by atoms with Crippen LogP contribution in [0.4, 0.5) is 5.69 Å². The van der Waals surface area contributed by atoms with E-state index in [0.29, 0.717) is 15.7 Å². The molecule has 1 atom stereocenters. The molecule has 0 aliphatic heterocycles. The van der Waals surface area contributed by atoms with Crippen LogP contribution in [0.1, 0.15) is 22.0 Å². The number of benzene rings is 2. The van der Waals surface area contributed by atoms with Crippen LogP contribution in [0.3, 0.4) is 0 Å². The van der Waals surface area contributed by atoms with Crippen molar-refractivity contribution < 1.29 is 10.1 Å². The highest BCUT2D eigenvalue weighted by molar-refractivity contribution is 7.10. The van der Waals surface area contributed by atoms with Gasteiger partial charge in [0.15, 0.2) is 6.54 Å². The Kier molecular flexibility index (Phi) is 6.33. The van der Waals surface area contributed by atoms with E-state index in [1.165, 1.54) is 4.88 Å². The topological polar surface area (TPSA) is 45.7 Å². The van der Waals surface area contributed by atoms with Crippen molar-refractivity contribution in [2.24, 2.45) is 0 Å². The summed E-state index contributed by atoms with van der Waals surface area (Å²) in [7, 11) is 0. The second kappa shape index (κ2) is 8.69. The second-order valence-electron chi connectivity index (χ2n) is 5.95. The molecular weight excluding hydrogens is 387 g/mol. The highest BCUT2D eigenvalue weighted by atomic mass is 35.5. The predicted molar refractivity (Wildman–Crippen MR) is 109 cm³/mol. The van der Waals surface area contributed by atoms with Gasteiger partial charge in [-0.25, -0.2) is 0 Å². The molecule has 134 valence electrons. The Morgan fingerprint density at radius 1 is 1.12 bits per heavy atom. The molecule has 0 saturated carbocycles. The van der Waals surface area contributed by atoms with Crippen molar-refractivity contribution in [2.75, 3.05) is 11.9 Å². The van der Waals surface area contributed by atoms with E-state index in [9.17, 15) is 4.79 Å². The zero-order chi connectivity index (χ0) is 18.5. The summed E-state index contributed by atoms with van der Waals surface area (Å²) in [6.07, 6.45) is 0. The summed E-state index contributed by atoms with van der Waals surface area (Å²) >= 11 is 14.1. The third kappa shape index (κ3) is 4.46. The highest BCUT2D eigenvalue weighted by Gasteiger charge is 2.20. The van der Waals surface area contributed by atoms with Gasteiger partial charge in [-0.15, -0.1) is 11.3 Å². The van der Waals surface area contributed by atoms with Crippen LogP contribution < -0.4 is 10.6 Å². The lowest BCUT2D eigenvalue weighted by Crippen LogP contribution is -2.87. The van der Waals surface area contributed by atoms with Crippen LogP contribution in [0.5, 0.6) is 0 Å². The average molecular weight is 406 g/mol. The largest absolute Gasteiger partial charge is 0.328 e. The van der Waals surface area contributed by atoms with E-state index >= 15 is 0 Å². The van der Waals surface area contributed by atoms with Gasteiger partial charge in [0.05, 0.1) is 20.6 Å². The number of aryl methyl sites for hydroxylation is 1. The monoisotopic (exact) mass is 405 g/mol. The number of thiophene rings is 1. The quantitative estimate of drug-likeness (QED) is 0.615. The van der Waals surface area contributed by atoms with Gasteiger partial charge in [0.1, 0.15) is 6.04 Å². The van der Waals surface area contributed by atoms with Crippen molar-refractivity contribution in [3.05, 3.63) is 86.0 Å². The van der Waals surface area contributed by atoms with Gasteiger partial charge in [-0.05, 0) is 30.0 Å². The SMILES string of the molecule is Cc1ccc(Cl)c(NC(=O)C[NH2+][C@H](c2ccccc2)c2cccs2)c1Cl. The number of hydrogen-bond donors (Lipinski definition) is 2. The molecule has 6 heteroatoms. The maximum atomic E-state index is 12.5. The fourth-order valence-corrected chi connectivity index (χ4v) is 4.05. The minimum atomic E-state index is -0.142. The summed E-state index contributed by atoms with van der Waals surface area (Å²) in [4.78, 5) is 13.7. The van der Waals surface area contributed by atoms with Crippen LogP contribution >= 0.6 is 34.5 Å². The van der Waals surface area contributed by atoms with Crippen LogP contribution in [0.15, 0.2) is 60.0 Å². The summed E-state index contributed by atoms with van der Waals surface area (Å²) in [5.74, 6) is -0.142. The van der Waals surface area contributed by atoms with E-state index in [4.69, 9.17) is 23.2 Å². The number of hydrogen-bond acceptors (Lipinski definition) is 2. The average Bonchev–Trinajstić information content (AvgIpc) is 3.17. The molecule has 0 aliphatic carbocycles. The van der Waals surface area contributed by atoms with Crippen molar-refractivity contribution >= 4 is 46.1 Å². The lowest BCUT2D eigenvalue weighted by atomic mass is 10.1. The zero-order valence-corrected chi connectivity index (χ0v) is 16.5. The molecule has 1 aromatic heterocycles. The van der Waals surface area contributed by atoms with Gasteiger partial charge >= 0.3 is 0 Å². The molecule has 26 heavy (non-hydrogen) atoms. The summed E-state index contributed by atoms with van der Waals surface area (Å²) in [6.45, 7) is 2.14. The molecule has 0 aliphatic rings. The first kappa shape index (κ1) is 18.9. The normalized spacial score (nSPS) is 12.0. The Labute approximate surface area is 167 Å². The number of nitrogens with two attached hydrogens (primary N) is 1. The van der Waals surface area contributed by atoms with Gasteiger partial charge in [-0.2, -0.15) is 0 Å². The Balaban J connectivity index is 1.72. The molecular formula is C20H19Cl2N2OS+. The molecule has 3 nitrogen and oxygen atoms in total. The van der Waals surface area contributed by atoms with Crippen molar-refractivity contribution in [3.63, 3.8) is 0 Å². The minimum Gasteiger partial charge on any atom is -0.328 e. The first-order valence-corrected chi connectivity index (χ1v) is 9.86. The van der Waals surface area contributed by atoms with Crippen LogP contribution in [-0.4, -0.2) is 12.5 Å². The number of anilines is 1. The van der Waals surface area contributed by atoms with E-state index in [-0.39, 0.29) is 18.5 Å². The fourth-order valence-electron chi connectivity index (χ4n) is 2.73. The second-order valence-corrected chi connectivity index (χ2v) is 7.71. The van der Waals surface area contributed by atoms with Gasteiger partial charge in [0, 0.05) is 5.56 Å². The Morgan fingerprint density at radius 2 is 1.88 bits per heavy atom. The Hall–Kier alpha value is -1.85. The molecule has 0 unspecified atom stereocenters. The highest BCUT2D eigenvalue weighted by Crippen LogP contribution is 2.32. The molecule has 3 N–H and O–H groups in total. The molecule has 1 heterocycles. The molecule has 3 aromatic rings. The molecule has 1 amide bonds. The fraction of sp³-hybridized carbons (Fsp3) is 0.150. The molecule has 0 radical (unpaired) electrons. The van der Waals surface area contributed by atoms with E-state index in [1.807, 2.05) is 48.0 Å². The minimum absolute atomic E-state index is 0.0744.